The number of hydrogen-bond acceptors (Lipinski definition) is 6. The molecule has 0 N–H and O–H groups in total. The highest BCUT2D eigenvalue weighted by Crippen LogP contribution is 2.47. The van der Waals surface area contributed by atoms with Crippen LogP contribution in [-0.4, -0.2) is 82.6 Å². The Hall–Kier alpha value is -2.61. The molecule has 1 saturated carbocycles. The minimum atomic E-state index is -0.148. The predicted octanol–water partition coefficient (Wildman–Crippen LogP) is 3.66. The van der Waals surface area contributed by atoms with Crippen molar-refractivity contribution < 1.29 is 9.53 Å². The first-order valence-corrected chi connectivity index (χ1v) is 12.4. The van der Waals surface area contributed by atoms with Gasteiger partial charge in [0.15, 0.2) is 0 Å². The van der Waals surface area contributed by atoms with Gasteiger partial charge in [0.1, 0.15) is 5.82 Å². The summed E-state index contributed by atoms with van der Waals surface area (Å²) in [4.78, 5) is 23.7. The lowest BCUT2D eigenvalue weighted by Crippen LogP contribution is -2.58. The minimum Gasteiger partial charge on any atom is -0.450 e. The first-order valence-electron chi connectivity index (χ1n) is 12.4. The van der Waals surface area contributed by atoms with Gasteiger partial charge >= 0.3 is 6.09 Å². The molecule has 2 saturated heterocycles. The minimum absolute atomic E-state index is 0.148. The van der Waals surface area contributed by atoms with Crippen LogP contribution in [0.4, 0.5) is 10.6 Å². The molecule has 0 aromatic carbocycles. The number of carbonyl (C=O) groups excluding carboxylic acids is 1. The molecule has 8 heteroatoms. The Morgan fingerprint density at radius 3 is 2.73 bits per heavy atom. The van der Waals surface area contributed by atoms with Crippen LogP contribution < -0.4 is 4.90 Å². The van der Waals surface area contributed by atoms with Crippen molar-refractivity contribution >= 4 is 11.9 Å². The molecule has 4 heterocycles. The summed E-state index contributed by atoms with van der Waals surface area (Å²) in [6.45, 7) is 12.4. The van der Waals surface area contributed by atoms with Gasteiger partial charge in [-0.3, -0.25) is 9.58 Å². The largest absolute Gasteiger partial charge is 0.450 e. The fourth-order valence-electron chi connectivity index (χ4n) is 5.82. The summed E-state index contributed by atoms with van der Waals surface area (Å²) >= 11 is 0. The third-order valence-corrected chi connectivity index (χ3v) is 7.61. The molecule has 3 aliphatic rings. The molecule has 1 aliphatic carbocycles. The van der Waals surface area contributed by atoms with Crippen LogP contribution in [0.3, 0.4) is 0 Å². The summed E-state index contributed by atoms with van der Waals surface area (Å²) in [6.07, 6.45) is 9.48. The van der Waals surface area contributed by atoms with Gasteiger partial charge < -0.3 is 14.5 Å². The maximum atomic E-state index is 12.0. The van der Waals surface area contributed by atoms with Gasteiger partial charge in [-0.1, -0.05) is 0 Å². The fraction of sp³-hybridized carbons (Fsp3) is 0.640. The van der Waals surface area contributed by atoms with Crippen LogP contribution in [0.5, 0.6) is 0 Å². The number of ether oxygens (including phenoxy) is 1. The van der Waals surface area contributed by atoms with Crippen LogP contribution in [0.1, 0.15) is 46.1 Å². The van der Waals surface area contributed by atoms with Gasteiger partial charge in [0.25, 0.3) is 0 Å². The molecule has 0 radical (unpaired) electrons. The number of anilines is 1. The fourth-order valence-corrected chi connectivity index (χ4v) is 5.82. The molecule has 8 nitrogen and oxygen atoms in total. The third-order valence-electron chi connectivity index (χ3n) is 7.61. The number of nitrogens with zero attached hydrogens (tertiary/aromatic N) is 6. The zero-order valence-electron chi connectivity index (χ0n) is 20.1. The van der Waals surface area contributed by atoms with Gasteiger partial charge in [-0.25, -0.2) is 9.78 Å². The lowest BCUT2D eigenvalue weighted by atomic mass is 9.78. The van der Waals surface area contributed by atoms with Gasteiger partial charge in [0.05, 0.1) is 12.8 Å². The van der Waals surface area contributed by atoms with Crippen molar-refractivity contribution in [3.63, 3.8) is 0 Å². The normalized spacial score (nSPS) is 22.7. The Morgan fingerprint density at radius 2 is 2.03 bits per heavy atom. The van der Waals surface area contributed by atoms with Crippen molar-refractivity contribution in [2.75, 3.05) is 50.8 Å². The van der Waals surface area contributed by atoms with Crippen molar-refractivity contribution in [2.24, 2.45) is 5.41 Å². The van der Waals surface area contributed by atoms with E-state index in [1.165, 1.54) is 19.3 Å². The van der Waals surface area contributed by atoms with Crippen LogP contribution in [0.15, 0.2) is 30.7 Å². The summed E-state index contributed by atoms with van der Waals surface area (Å²) in [7, 11) is 0. The van der Waals surface area contributed by atoms with Crippen LogP contribution in [-0.2, 0) is 4.74 Å². The molecular weight excluding hydrogens is 416 g/mol. The van der Waals surface area contributed by atoms with E-state index in [4.69, 9.17) is 9.72 Å². The number of aromatic nitrogens is 3. The van der Waals surface area contributed by atoms with Gasteiger partial charge in [-0.2, -0.15) is 5.10 Å². The molecule has 5 rings (SSSR count). The number of amides is 1. The van der Waals surface area contributed by atoms with Gasteiger partial charge in [-0.05, 0) is 52.2 Å². The summed E-state index contributed by atoms with van der Waals surface area (Å²) in [5.74, 6) is 1.06. The Morgan fingerprint density at radius 1 is 1.24 bits per heavy atom. The Bertz CT molecular complexity index is 975. The molecule has 33 heavy (non-hydrogen) atoms. The summed E-state index contributed by atoms with van der Waals surface area (Å²) in [6, 6.07) is 5.14. The SMILES string of the molecule is CCOC(=O)N1CC2(CC[C@@H](N3CCN(c4ncccc4-c4cnn(C(C)C)c4)CC3)C2)C1. The number of carbonyl (C=O) groups is 1. The molecule has 0 unspecified atom stereocenters. The maximum Gasteiger partial charge on any atom is 0.409 e. The number of likely N-dealkylation sites (tertiary alicyclic amines) is 1. The van der Waals surface area contributed by atoms with E-state index in [2.05, 4.69) is 41.0 Å². The van der Waals surface area contributed by atoms with Crippen LogP contribution in [0, 0.1) is 5.41 Å². The molecule has 0 bridgehead atoms. The number of piperazine rings is 1. The molecule has 1 amide bonds. The van der Waals surface area contributed by atoms with Crippen LogP contribution in [0.25, 0.3) is 11.1 Å². The molecule has 2 aromatic heterocycles. The van der Waals surface area contributed by atoms with E-state index in [1.54, 1.807) is 0 Å². The predicted molar refractivity (Wildman–Crippen MR) is 128 cm³/mol. The molecule has 1 spiro atoms. The number of pyridine rings is 1. The lowest BCUT2D eigenvalue weighted by molar-refractivity contribution is -0.00294. The average Bonchev–Trinajstić information content (AvgIpc) is 3.47. The molecule has 178 valence electrons. The van der Waals surface area contributed by atoms with Crippen LogP contribution in [0.2, 0.25) is 0 Å². The Balaban J connectivity index is 1.18. The van der Waals surface area contributed by atoms with Gasteiger partial charge in [-0.15, -0.1) is 0 Å². The zero-order chi connectivity index (χ0) is 23.0. The first-order chi connectivity index (χ1) is 16.0. The summed E-state index contributed by atoms with van der Waals surface area (Å²) in [5.41, 5.74) is 2.61. The van der Waals surface area contributed by atoms with Gasteiger partial charge in [0.2, 0.25) is 0 Å². The Kier molecular flexibility index (Phi) is 6.03. The standard InChI is InChI=1S/C25H36N6O2/c1-4-33-24(32)30-17-25(18-30)8-7-21(14-25)28-10-12-29(13-11-28)23-22(6-5-9-26-23)20-15-27-31(16-20)19(2)3/h5-6,9,15-16,19,21H,4,7-8,10-14,17-18H2,1-3H3/t21-/m1/s1. The summed E-state index contributed by atoms with van der Waals surface area (Å²) in [5, 5.41) is 4.53. The van der Waals surface area contributed by atoms with E-state index >= 15 is 0 Å². The molecule has 1 atom stereocenters. The lowest BCUT2D eigenvalue weighted by Gasteiger charge is -2.48. The summed E-state index contributed by atoms with van der Waals surface area (Å²) < 4.78 is 7.16. The van der Waals surface area contributed by atoms with Crippen molar-refractivity contribution in [2.45, 2.75) is 52.1 Å². The molecule has 2 aromatic rings. The van der Waals surface area contributed by atoms with Crippen molar-refractivity contribution in [3.05, 3.63) is 30.7 Å². The van der Waals surface area contributed by atoms with Crippen LogP contribution >= 0.6 is 0 Å². The van der Waals surface area contributed by atoms with E-state index in [0.29, 0.717) is 24.1 Å². The molecule has 2 aliphatic heterocycles. The molecular formula is C25H36N6O2. The van der Waals surface area contributed by atoms with E-state index in [0.717, 1.165) is 56.2 Å². The first kappa shape index (κ1) is 22.2. The zero-order valence-corrected chi connectivity index (χ0v) is 20.1. The van der Waals surface area contributed by atoms with E-state index in [-0.39, 0.29) is 6.09 Å². The Labute approximate surface area is 196 Å². The monoisotopic (exact) mass is 452 g/mol. The van der Waals surface area contributed by atoms with E-state index in [1.807, 2.05) is 35.0 Å². The average molecular weight is 453 g/mol. The van der Waals surface area contributed by atoms with Crippen molar-refractivity contribution in [1.82, 2.24) is 24.6 Å². The highest BCUT2D eigenvalue weighted by Gasteiger charge is 2.51. The third kappa shape index (κ3) is 4.33. The quantitative estimate of drug-likeness (QED) is 0.690. The van der Waals surface area contributed by atoms with E-state index < -0.39 is 0 Å². The molecule has 3 fully saturated rings. The second-order valence-electron chi connectivity index (χ2n) is 10.2. The van der Waals surface area contributed by atoms with Gasteiger partial charge in [0, 0.05) is 80.3 Å². The smallest absolute Gasteiger partial charge is 0.409 e. The highest BCUT2D eigenvalue weighted by molar-refractivity contribution is 5.75. The van der Waals surface area contributed by atoms with Crippen molar-refractivity contribution in [1.29, 1.82) is 0 Å². The van der Waals surface area contributed by atoms with E-state index in [9.17, 15) is 4.79 Å². The highest BCUT2D eigenvalue weighted by atomic mass is 16.6. The maximum absolute atomic E-state index is 12.0. The second kappa shape index (κ2) is 8.97. The van der Waals surface area contributed by atoms with Crippen molar-refractivity contribution in [3.8, 4) is 11.1 Å². The number of rotatable bonds is 5. The topological polar surface area (TPSA) is 66.7 Å². The number of hydrogen-bond donors (Lipinski definition) is 0. The second-order valence-corrected chi connectivity index (χ2v) is 10.2.